The summed E-state index contributed by atoms with van der Waals surface area (Å²) in [5.41, 5.74) is 11.7. The first kappa shape index (κ1) is 12.0. The number of aryl methyl sites for hydroxylation is 1. The minimum atomic E-state index is -0.313. The molecule has 1 aliphatic heterocycles. The molecule has 20 heavy (non-hydrogen) atoms. The molecule has 2 aliphatic rings. The van der Waals surface area contributed by atoms with Crippen molar-refractivity contribution in [1.82, 2.24) is 0 Å². The van der Waals surface area contributed by atoms with E-state index >= 15 is 0 Å². The van der Waals surface area contributed by atoms with Gasteiger partial charge in [-0.2, -0.15) is 0 Å². The molecule has 0 unspecified atom stereocenters. The summed E-state index contributed by atoms with van der Waals surface area (Å²) in [6, 6.07) is 15.0. The molecule has 0 saturated heterocycles. The molecule has 0 bridgehead atoms. The van der Waals surface area contributed by atoms with E-state index in [9.17, 15) is 0 Å². The summed E-state index contributed by atoms with van der Waals surface area (Å²) >= 11 is 0. The number of rotatable bonds is 1. The first-order valence-corrected chi connectivity index (χ1v) is 7.37. The standard InChI is InChI=1S/C18H19NO/c19-18(11-14-5-1-2-6-15(14)12-18)16-9-3-7-13-8-4-10-20-17(13)16/h1-3,5-7,9H,4,8,10-12,19H2. The Hall–Kier alpha value is -1.80. The van der Waals surface area contributed by atoms with Gasteiger partial charge in [0.1, 0.15) is 5.75 Å². The van der Waals surface area contributed by atoms with Crippen molar-refractivity contribution >= 4 is 0 Å². The van der Waals surface area contributed by atoms with Crippen LogP contribution in [0.1, 0.15) is 28.7 Å². The van der Waals surface area contributed by atoms with E-state index in [0.29, 0.717) is 0 Å². The van der Waals surface area contributed by atoms with E-state index in [1.807, 2.05) is 0 Å². The monoisotopic (exact) mass is 265 g/mol. The van der Waals surface area contributed by atoms with Crippen LogP contribution in [0, 0.1) is 0 Å². The lowest BCUT2D eigenvalue weighted by Crippen LogP contribution is -2.38. The van der Waals surface area contributed by atoms with E-state index < -0.39 is 0 Å². The maximum atomic E-state index is 6.77. The van der Waals surface area contributed by atoms with Crippen LogP contribution in [0.4, 0.5) is 0 Å². The molecule has 1 heterocycles. The average molecular weight is 265 g/mol. The number of hydrogen-bond donors (Lipinski definition) is 1. The van der Waals surface area contributed by atoms with Crippen LogP contribution in [0.15, 0.2) is 42.5 Å². The average Bonchev–Trinajstić information content (AvgIpc) is 2.84. The molecule has 0 fully saturated rings. The number of para-hydroxylation sites is 1. The second-order valence-electron chi connectivity index (χ2n) is 6.02. The third-order valence-electron chi connectivity index (χ3n) is 4.60. The van der Waals surface area contributed by atoms with Gasteiger partial charge < -0.3 is 10.5 Å². The van der Waals surface area contributed by atoms with E-state index in [-0.39, 0.29) is 5.54 Å². The molecule has 0 saturated carbocycles. The summed E-state index contributed by atoms with van der Waals surface area (Å²) in [6.07, 6.45) is 4.02. The molecule has 0 radical (unpaired) electrons. The molecule has 0 amide bonds. The molecule has 1 aliphatic carbocycles. The number of ether oxygens (including phenoxy) is 1. The molecule has 4 rings (SSSR count). The second kappa shape index (κ2) is 4.35. The van der Waals surface area contributed by atoms with Gasteiger partial charge in [-0.1, -0.05) is 42.5 Å². The summed E-state index contributed by atoms with van der Waals surface area (Å²) in [6.45, 7) is 0.813. The fourth-order valence-electron chi connectivity index (χ4n) is 3.62. The zero-order valence-electron chi connectivity index (χ0n) is 11.6. The number of fused-ring (bicyclic) bond motifs is 2. The molecule has 2 heteroatoms. The van der Waals surface area contributed by atoms with Crippen molar-refractivity contribution in [3.63, 3.8) is 0 Å². The summed E-state index contributed by atoms with van der Waals surface area (Å²) in [7, 11) is 0. The van der Waals surface area contributed by atoms with Gasteiger partial charge >= 0.3 is 0 Å². The van der Waals surface area contributed by atoms with Gasteiger partial charge in [0.15, 0.2) is 0 Å². The lowest BCUT2D eigenvalue weighted by molar-refractivity contribution is 0.276. The van der Waals surface area contributed by atoms with Crippen molar-refractivity contribution < 1.29 is 4.74 Å². The van der Waals surface area contributed by atoms with Crippen LogP contribution < -0.4 is 10.5 Å². The molecule has 0 spiro atoms. The Morgan fingerprint density at radius 2 is 1.60 bits per heavy atom. The van der Waals surface area contributed by atoms with Gasteiger partial charge in [-0.3, -0.25) is 0 Å². The van der Waals surface area contributed by atoms with E-state index in [4.69, 9.17) is 10.5 Å². The number of hydrogen-bond acceptors (Lipinski definition) is 2. The highest BCUT2D eigenvalue weighted by molar-refractivity contribution is 5.50. The smallest absolute Gasteiger partial charge is 0.127 e. The fraction of sp³-hybridized carbons (Fsp3) is 0.333. The fourth-order valence-corrected chi connectivity index (χ4v) is 3.62. The lowest BCUT2D eigenvalue weighted by atomic mass is 9.85. The Bertz CT molecular complexity index is 637. The Balaban J connectivity index is 1.79. The minimum absolute atomic E-state index is 0.313. The van der Waals surface area contributed by atoms with Gasteiger partial charge in [-0.05, 0) is 42.4 Å². The predicted molar refractivity (Wildman–Crippen MR) is 80.0 cm³/mol. The summed E-state index contributed by atoms with van der Waals surface area (Å²) < 4.78 is 5.95. The van der Waals surface area contributed by atoms with Gasteiger partial charge in [0.05, 0.1) is 12.1 Å². The van der Waals surface area contributed by atoms with E-state index in [2.05, 4.69) is 42.5 Å². The van der Waals surface area contributed by atoms with Crippen molar-refractivity contribution in [3.05, 3.63) is 64.7 Å². The topological polar surface area (TPSA) is 35.2 Å². The van der Waals surface area contributed by atoms with Gasteiger partial charge in [0.25, 0.3) is 0 Å². The molecule has 2 aromatic carbocycles. The highest BCUT2D eigenvalue weighted by Crippen LogP contribution is 2.42. The van der Waals surface area contributed by atoms with Crippen LogP contribution in [0.25, 0.3) is 0 Å². The van der Waals surface area contributed by atoms with Gasteiger partial charge in [-0.25, -0.2) is 0 Å². The summed E-state index contributed by atoms with van der Waals surface area (Å²) in [5, 5.41) is 0. The van der Waals surface area contributed by atoms with E-state index in [1.54, 1.807) is 0 Å². The molecule has 2 nitrogen and oxygen atoms in total. The van der Waals surface area contributed by atoms with Crippen molar-refractivity contribution in [1.29, 1.82) is 0 Å². The van der Waals surface area contributed by atoms with Crippen molar-refractivity contribution in [3.8, 4) is 5.75 Å². The van der Waals surface area contributed by atoms with Gasteiger partial charge in [0.2, 0.25) is 0 Å². The van der Waals surface area contributed by atoms with Crippen molar-refractivity contribution in [2.24, 2.45) is 5.73 Å². The van der Waals surface area contributed by atoms with E-state index in [0.717, 1.165) is 38.0 Å². The summed E-state index contributed by atoms with van der Waals surface area (Å²) in [4.78, 5) is 0. The molecule has 0 atom stereocenters. The maximum Gasteiger partial charge on any atom is 0.127 e. The normalized spacial score (nSPS) is 19.1. The largest absolute Gasteiger partial charge is 0.493 e. The number of benzene rings is 2. The van der Waals surface area contributed by atoms with Crippen LogP contribution in [0.2, 0.25) is 0 Å². The Morgan fingerprint density at radius 1 is 0.900 bits per heavy atom. The third-order valence-corrected chi connectivity index (χ3v) is 4.60. The van der Waals surface area contributed by atoms with Gasteiger partial charge in [0, 0.05) is 5.56 Å². The van der Waals surface area contributed by atoms with E-state index in [1.165, 1.54) is 22.3 Å². The highest BCUT2D eigenvalue weighted by Gasteiger charge is 2.38. The van der Waals surface area contributed by atoms with Crippen LogP contribution in [0.3, 0.4) is 0 Å². The Labute approximate surface area is 119 Å². The minimum Gasteiger partial charge on any atom is -0.493 e. The number of nitrogens with two attached hydrogens (primary N) is 1. The third kappa shape index (κ3) is 1.75. The maximum absolute atomic E-state index is 6.77. The zero-order valence-corrected chi connectivity index (χ0v) is 11.6. The molecular formula is C18H19NO. The first-order chi connectivity index (χ1) is 9.76. The molecule has 2 aromatic rings. The predicted octanol–water partition coefficient (Wildman–Crippen LogP) is 2.96. The van der Waals surface area contributed by atoms with Crippen LogP contribution >= 0.6 is 0 Å². The highest BCUT2D eigenvalue weighted by atomic mass is 16.5. The zero-order chi connectivity index (χ0) is 13.6. The van der Waals surface area contributed by atoms with Crippen LogP contribution in [-0.2, 0) is 24.8 Å². The Kier molecular flexibility index (Phi) is 2.61. The molecule has 2 N–H and O–H groups in total. The van der Waals surface area contributed by atoms with Crippen molar-refractivity contribution in [2.45, 2.75) is 31.2 Å². The second-order valence-corrected chi connectivity index (χ2v) is 6.02. The molecule has 102 valence electrons. The molecule has 0 aromatic heterocycles. The quantitative estimate of drug-likeness (QED) is 0.860. The SMILES string of the molecule is NC1(c2cccc3c2OCCC3)Cc2ccccc2C1. The molecular weight excluding hydrogens is 246 g/mol. The van der Waals surface area contributed by atoms with Gasteiger partial charge in [-0.15, -0.1) is 0 Å². The summed E-state index contributed by atoms with van der Waals surface area (Å²) in [5.74, 6) is 1.05. The van der Waals surface area contributed by atoms with Crippen molar-refractivity contribution in [2.75, 3.05) is 6.61 Å². The van der Waals surface area contributed by atoms with Crippen LogP contribution in [0.5, 0.6) is 5.75 Å². The Morgan fingerprint density at radius 3 is 2.35 bits per heavy atom. The first-order valence-electron chi connectivity index (χ1n) is 7.37. The van der Waals surface area contributed by atoms with Crippen LogP contribution in [-0.4, -0.2) is 6.61 Å². The lowest BCUT2D eigenvalue weighted by Gasteiger charge is -2.30.